The van der Waals surface area contributed by atoms with Gasteiger partial charge in [-0.05, 0) is 30.2 Å². The Labute approximate surface area is 159 Å². The molecule has 6 heteroatoms. The largest absolute Gasteiger partial charge is 0.454 e. The Hall–Kier alpha value is -1.86. The van der Waals surface area contributed by atoms with E-state index in [9.17, 15) is 5.11 Å². The summed E-state index contributed by atoms with van der Waals surface area (Å²) in [5.41, 5.74) is 0.996. The van der Waals surface area contributed by atoms with E-state index in [1.807, 2.05) is 37.3 Å². The first kappa shape index (κ1) is 18.5. The van der Waals surface area contributed by atoms with Gasteiger partial charge in [-0.25, -0.2) is 0 Å². The van der Waals surface area contributed by atoms with E-state index in [1.165, 1.54) is 0 Å². The minimum Gasteiger partial charge on any atom is -0.454 e. The molecule has 3 aliphatic rings. The van der Waals surface area contributed by atoms with Gasteiger partial charge in [0, 0.05) is 26.6 Å². The second kappa shape index (κ2) is 6.63. The normalized spacial score (nSPS) is 37.0. The molecule has 0 spiro atoms. The maximum atomic E-state index is 11.6. The van der Waals surface area contributed by atoms with Gasteiger partial charge in [-0.2, -0.15) is 0 Å². The summed E-state index contributed by atoms with van der Waals surface area (Å²) in [4.78, 5) is 0. The molecule has 1 aliphatic carbocycles. The van der Waals surface area contributed by atoms with Gasteiger partial charge < -0.3 is 28.8 Å². The van der Waals surface area contributed by atoms with Crippen LogP contribution in [-0.2, 0) is 14.2 Å². The molecule has 4 rings (SSSR count). The summed E-state index contributed by atoms with van der Waals surface area (Å²) < 4.78 is 28.8. The number of benzene rings is 1. The second-order valence-electron chi connectivity index (χ2n) is 7.36. The number of methoxy groups -OCH3 is 2. The van der Waals surface area contributed by atoms with Crippen LogP contribution in [0, 0.1) is 5.92 Å². The molecule has 2 heterocycles. The highest BCUT2D eigenvalue weighted by Gasteiger charge is 2.68. The average molecular weight is 374 g/mol. The Morgan fingerprint density at radius 3 is 2.78 bits per heavy atom. The van der Waals surface area contributed by atoms with E-state index in [-0.39, 0.29) is 18.8 Å². The molecule has 0 aromatic heterocycles. The smallest absolute Gasteiger partial charge is 0.231 e. The summed E-state index contributed by atoms with van der Waals surface area (Å²) in [7, 11) is 3.19. The van der Waals surface area contributed by atoms with Crippen molar-refractivity contribution in [1.29, 1.82) is 0 Å². The number of hydrogen-bond donors (Lipinski definition) is 1. The molecule has 0 radical (unpaired) electrons. The predicted octanol–water partition coefficient (Wildman–Crippen LogP) is 3.12. The van der Waals surface area contributed by atoms with Gasteiger partial charge in [-0.1, -0.05) is 24.6 Å². The van der Waals surface area contributed by atoms with Gasteiger partial charge in [0.1, 0.15) is 11.7 Å². The lowest BCUT2D eigenvalue weighted by atomic mass is 9.71. The quantitative estimate of drug-likeness (QED) is 0.799. The third kappa shape index (κ3) is 2.55. The minimum atomic E-state index is -1.60. The molecule has 5 unspecified atom stereocenters. The summed E-state index contributed by atoms with van der Waals surface area (Å²) in [6.07, 6.45) is 4.19. The highest BCUT2D eigenvalue weighted by atomic mass is 16.7. The summed E-state index contributed by atoms with van der Waals surface area (Å²) in [5, 5.41) is 11.6. The van der Waals surface area contributed by atoms with Crippen LogP contribution in [0.25, 0.3) is 0 Å². The van der Waals surface area contributed by atoms with Gasteiger partial charge in [0.25, 0.3) is 0 Å². The molecular weight excluding hydrogens is 348 g/mol. The van der Waals surface area contributed by atoms with Crippen molar-refractivity contribution in [3.05, 3.63) is 48.1 Å². The van der Waals surface area contributed by atoms with Crippen molar-refractivity contribution < 1.29 is 28.8 Å². The molecule has 146 valence electrons. The van der Waals surface area contributed by atoms with E-state index < -0.39 is 17.5 Å². The molecule has 0 amide bonds. The van der Waals surface area contributed by atoms with E-state index in [1.54, 1.807) is 14.2 Å². The summed E-state index contributed by atoms with van der Waals surface area (Å²) in [6.45, 7) is 6.07. The van der Waals surface area contributed by atoms with E-state index in [2.05, 4.69) is 6.58 Å². The number of aliphatic hydroxyl groups is 1. The fraction of sp³-hybridized carbons (Fsp3) is 0.524. The maximum absolute atomic E-state index is 11.6. The lowest BCUT2D eigenvalue weighted by Crippen LogP contribution is -2.63. The van der Waals surface area contributed by atoms with Gasteiger partial charge in [0.15, 0.2) is 11.5 Å². The molecule has 1 aromatic carbocycles. The van der Waals surface area contributed by atoms with Gasteiger partial charge in [0.05, 0.1) is 6.10 Å². The van der Waals surface area contributed by atoms with Crippen molar-refractivity contribution in [3.8, 4) is 11.5 Å². The lowest BCUT2D eigenvalue weighted by molar-refractivity contribution is -0.309. The minimum absolute atomic E-state index is 0.161. The van der Waals surface area contributed by atoms with E-state index in [4.69, 9.17) is 23.7 Å². The first-order chi connectivity index (χ1) is 13.0. The molecule has 5 atom stereocenters. The van der Waals surface area contributed by atoms with Crippen molar-refractivity contribution in [2.75, 3.05) is 21.0 Å². The topological polar surface area (TPSA) is 66.4 Å². The Kier molecular flexibility index (Phi) is 4.55. The molecule has 0 saturated carbocycles. The van der Waals surface area contributed by atoms with Crippen LogP contribution in [0.1, 0.15) is 31.4 Å². The van der Waals surface area contributed by atoms with Gasteiger partial charge in [-0.3, -0.25) is 0 Å². The third-order valence-electron chi connectivity index (χ3n) is 6.05. The van der Waals surface area contributed by atoms with Crippen molar-refractivity contribution >= 4 is 0 Å². The Bertz CT molecular complexity index is 774. The molecule has 1 fully saturated rings. The van der Waals surface area contributed by atoms with Crippen LogP contribution in [0.2, 0.25) is 0 Å². The predicted molar refractivity (Wildman–Crippen MR) is 98.6 cm³/mol. The Balaban J connectivity index is 1.78. The first-order valence-electron chi connectivity index (χ1n) is 9.18. The van der Waals surface area contributed by atoms with Crippen molar-refractivity contribution in [3.63, 3.8) is 0 Å². The maximum Gasteiger partial charge on any atom is 0.231 e. The van der Waals surface area contributed by atoms with E-state index in [0.29, 0.717) is 24.3 Å². The monoisotopic (exact) mass is 374 g/mol. The van der Waals surface area contributed by atoms with Crippen LogP contribution in [0.5, 0.6) is 11.5 Å². The van der Waals surface area contributed by atoms with Crippen molar-refractivity contribution in [1.82, 2.24) is 0 Å². The number of allylic oxidation sites excluding steroid dienone is 1. The van der Waals surface area contributed by atoms with Crippen LogP contribution in [0.15, 0.2) is 42.5 Å². The van der Waals surface area contributed by atoms with Crippen LogP contribution in [0.4, 0.5) is 0 Å². The van der Waals surface area contributed by atoms with Crippen LogP contribution >= 0.6 is 0 Å². The zero-order valence-electron chi connectivity index (χ0n) is 15.9. The lowest BCUT2D eigenvalue weighted by Gasteiger charge is -2.47. The van der Waals surface area contributed by atoms with Crippen molar-refractivity contribution in [2.45, 2.75) is 43.4 Å². The fourth-order valence-corrected chi connectivity index (χ4v) is 4.65. The summed E-state index contributed by atoms with van der Waals surface area (Å²) in [6, 6.07) is 5.71. The molecule has 1 aromatic rings. The number of fused-ring (bicyclic) bond motifs is 2. The first-order valence-corrected chi connectivity index (χ1v) is 9.18. The van der Waals surface area contributed by atoms with Gasteiger partial charge in [-0.15, -0.1) is 6.58 Å². The van der Waals surface area contributed by atoms with E-state index >= 15 is 0 Å². The highest BCUT2D eigenvalue weighted by molar-refractivity contribution is 5.46. The molecule has 2 aliphatic heterocycles. The number of hydrogen-bond acceptors (Lipinski definition) is 6. The molecule has 0 bridgehead atoms. The molecule has 27 heavy (non-hydrogen) atoms. The van der Waals surface area contributed by atoms with Gasteiger partial charge in [0.2, 0.25) is 12.6 Å². The highest BCUT2D eigenvalue weighted by Crippen LogP contribution is 2.57. The number of ether oxygens (including phenoxy) is 5. The van der Waals surface area contributed by atoms with Crippen LogP contribution in [-0.4, -0.2) is 43.6 Å². The zero-order chi connectivity index (χ0) is 19.2. The standard InChI is InChI=1S/C21H26O6/c1-5-6-14-9-18(23-3)21(22)20(11-14,24-4)13(2)19(27-21)15-7-8-16-17(10-15)26-12-25-16/h5,7-8,10-11,13,18-19,22H,1,6,9,12H2,2-4H3. The molecular formula is C21H26O6. The SMILES string of the molecule is C=CCC1=CC2(OC)C(C)C(c3ccc4c(c3)OCO4)OC2(O)C(OC)C1. The van der Waals surface area contributed by atoms with Gasteiger partial charge >= 0.3 is 0 Å². The fourth-order valence-electron chi connectivity index (χ4n) is 4.65. The number of rotatable bonds is 5. The Morgan fingerprint density at radius 2 is 2.07 bits per heavy atom. The second-order valence-corrected chi connectivity index (χ2v) is 7.36. The van der Waals surface area contributed by atoms with E-state index in [0.717, 1.165) is 11.1 Å². The summed E-state index contributed by atoms with van der Waals surface area (Å²) >= 11 is 0. The zero-order valence-corrected chi connectivity index (χ0v) is 15.9. The third-order valence-corrected chi connectivity index (χ3v) is 6.05. The van der Waals surface area contributed by atoms with Crippen LogP contribution in [0.3, 0.4) is 0 Å². The molecule has 6 nitrogen and oxygen atoms in total. The molecule has 1 saturated heterocycles. The molecule has 1 N–H and O–H groups in total. The van der Waals surface area contributed by atoms with Crippen LogP contribution < -0.4 is 9.47 Å². The van der Waals surface area contributed by atoms with Crippen molar-refractivity contribution in [2.24, 2.45) is 5.92 Å². The average Bonchev–Trinajstić information content (AvgIpc) is 3.22. The Morgan fingerprint density at radius 1 is 1.30 bits per heavy atom. The summed E-state index contributed by atoms with van der Waals surface area (Å²) in [5.74, 6) is -0.361.